The molecule has 0 spiro atoms. The SMILES string of the molecule is CC(C)(C)c1nc2c(Cl)cccc2cc1N. The van der Waals surface area contributed by atoms with Crippen LogP contribution in [0.5, 0.6) is 0 Å². The van der Waals surface area contributed by atoms with Crippen LogP contribution in [0.3, 0.4) is 0 Å². The van der Waals surface area contributed by atoms with Crippen molar-refractivity contribution in [1.29, 1.82) is 0 Å². The second-order valence-electron chi connectivity index (χ2n) is 4.99. The van der Waals surface area contributed by atoms with Crippen molar-refractivity contribution < 1.29 is 0 Å². The Labute approximate surface area is 100 Å². The first-order valence-corrected chi connectivity index (χ1v) is 5.62. The Bertz CT molecular complexity index is 541. The standard InChI is InChI=1S/C13H15ClN2/c1-13(2,3)12-10(15)7-8-5-4-6-9(14)11(8)16-12/h4-7H,15H2,1-3H3. The topological polar surface area (TPSA) is 38.9 Å². The summed E-state index contributed by atoms with van der Waals surface area (Å²) >= 11 is 6.13. The van der Waals surface area contributed by atoms with Gasteiger partial charge in [0.15, 0.2) is 0 Å². The molecule has 0 radical (unpaired) electrons. The zero-order valence-electron chi connectivity index (χ0n) is 9.71. The number of anilines is 1. The van der Waals surface area contributed by atoms with Gasteiger partial charge >= 0.3 is 0 Å². The summed E-state index contributed by atoms with van der Waals surface area (Å²) in [6, 6.07) is 7.66. The first-order chi connectivity index (χ1) is 7.39. The van der Waals surface area contributed by atoms with Crippen LogP contribution in [0.2, 0.25) is 5.02 Å². The quantitative estimate of drug-likeness (QED) is 0.754. The van der Waals surface area contributed by atoms with E-state index in [9.17, 15) is 0 Å². The Balaban J connectivity index is 2.80. The largest absolute Gasteiger partial charge is 0.397 e. The third-order valence-electron chi connectivity index (χ3n) is 2.54. The predicted molar refractivity (Wildman–Crippen MR) is 69.9 cm³/mol. The number of aromatic nitrogens is 1. The molecule has 0 fully saturated rings. The van der Waals surface area contributed by atoms with Gasteiger partial charge in [-0.2, -0.15) is 0 Å². The number of fused-ring (bicyclic) bond motifs is 1. The number of benzene rings is 1. The third kappa shape index (κ3) is 1.85. The zero-order chi connectivity index (χ0) is 11.9. The molecule has 2 nitrogen and oxygen atoms in total. The van der Waals surface area contributed by atoms with Crippen molar-refractivity contribution in [2.75, 3.05) is 5.73 Å². The molecule has 3 heteroatoms. The molecule has 0 aliphatic heterocycles. The lowest BCUT2D eigenvalue weighted by Crippen LogP contribution is -2.16. The van der Waals surface area contributed by atoms with Gasteiger partial charge in [-0.1, -0.05) is 44.5 Å². The Morgan fingerprint density at radius 3 is 2.56 bits per heavy atom. The number of pyridine rings is 1. The monoisotopic (exact) mass is 234 g/mol. The highest BCUT2D eigenvalue weighted by atomic mass is 35.5. The molecule has 1 aromatic carbocycles. The molecule has 0 unspecified atom stereocenters. The van der Waals surface area contributed by atoms with Crippen molar-refractivity contribution in [3.05, 3.63) is 35.0 Å². The normalized spacial score (nSPS) is 12.0. The van der Waals surface area contributed by atoms with Crippen molar-refractivity contribution in [3.63, 3.8) is 0 Å². The molecule has 2 aromatic rings. The molecule has 2 N–H and O–H groups in total. The van der Waals surface area contributed by atoms with Gasteiger partial charge in [0, 0.05) is 10.8 Å². The third-order valence-corrected chi connectivity index (χ3v) is 2.84. The average Bonchev–Trinajstić information content (AvgIpc) is 2.15. The molecule has 0 aliphatic carbocycles. The van der Waals surface area contributed by atoms with E-state index in [1.807, 2.05) is 24.3 Å². The van der Waals surface area contributed by atoms with Crippen LogP contribution in [0.25, 0.3) is 10.9 Å². The van der Waals surface area contributed by atoms with Crippen molar-refractivity contribution in [1.82, 2.24) is 4.98 Å². The molecule has 0 aliphatic rings. The number of rotatable bonds is 0. The fraction of sp³-hybridized carbons (Fsp3) is 0.308. The number of nitrogen functional groups attached to an aromatic ring is 1. The molecule has 84 valence electrons. The van der Waals surface area contributed by atoms with Gasteiger partial charge in [0.2, 0.25) is 0 Å². The van der Waals surface area contributed by atoms with E-state index < -0.39 is 0 Å². The number of hydrogen-bond donors (Lipinski definition) is 1. The molecule has 16 heavy (non-hydrogen) atoms. The molecular weight excluding hydrogens is 220 g/mol. The highest BCUT2D eigenvalue weighted by Gasteiger charge is 2.19. The minimum atomic E-state index is -0.0720. The predicted octanol–water partition coefficient (Wildman–Crippen LogP) is 3.77. The van der Waals surface area contributed by atoms with E-state index in [0.29, 0.717) is 5.02 Å². The van der Waals surface area contributed by atoms with E-state index in [4.69, 9.17) is 17.3 Å². The molecule has 0 atom stereocenters. The van der Waals surface area contributed by atoms with Gasteiger partial charge in [-0.25, -0.2) is 4.98 Å². The van der Waals surface area contributed by atoms with Gasteiger partial charge in [-0.05, 0) is 12.1 Å². The van der Waals surface area contributed by atoms with Gasteiger partial charge in [-0.15, -0.1) is 0 Å². The van der Waals surface area contributed by atoms with Crippen LogP contribution in [-0.4, -0.2) is 4.98 Å². The van der Waals surface area contributed by atoms with Crippen molar-refractivity contribution >= 4 is 28.2 Å². The van der Waals surface area contributed by atoms with Crippen LogP contribution in [0.4, 0.5) is 5.69 Å². The molecule has 0 bridgehead atoms. The van der Waals surface area contributed by atoms with Gasteiger partial charge in [0.05, 0.1) is 21.9 Å². The van der Waals surface area contributed by atoms with Crippen LogP contribution in [0, 0.1) is 0 Å². The minimum absolute atomic E-state index is 0.0720. The number of nitrogens with zero attached hydrogens (tertiary/aromatic N) is 1. The Morgan fingerprint density at radius 1 is 1.25 bits per heavy atom. The lowest BCUT2D eigenvalue weighted by atomic mass is 9.90. The lowest BCUT2D eigenvalue weighted by Gasteiger charge is -2.20. The molecule has 1 heterocycles. The van der Waals surface area contributed by atoms with E-state index in [2.05, 4.69) is 25.8 Å². The summed E-state index contributed by atoms with van der Waals surface area (Å²) in [5.74, 6) is 0. The van der Waals surface area contributed by atoms with E-state index in [-0.39, 0.29) is 5.41 Å². The van der Waals surface area contributed by atoms with E-state index in [1.165, 1.54) is 0 Å². The van der Waals surface area contributed by atoms with Gasteiger partial charge in [0.25, 0.3) is 0 Å². The number of halogens is 1. The van der Waals surface area contributed by atoms with Gasteiger partial charge in [-0.3, -0.25) is 0 Å². The number of hydrogen-bond acceptors (Lipinski definition) is 2. The fourth-order valence-corrected chi connectivity index (χ4v) is 2.00. The van der Waals surface area contributed by atoms with Crippen molar-refractivity contribution in [3.8, 4) is 0 Å². The molecular formula is C13H15ClN2. The Kier molecular flexibility index (Phi) is 2.55. The average molecular weight is 235 g/mol. The highest BCUT2D eigenvalue weighted by Crippen LogP contribution is 2.31. The summed E-state index contributed by atoms with van der Waals surface area (Å²) in [5.41, 5.74) is 8.39. The number of nitrogens with two attached hydrogens (primary N) is 1. The highest BCUT2D eigenvalue weighted by molar-refractivity contribution is 6.35. The van der Waals surface area contributed by atoms with Crippen LogP contribution in [0.15, 0.2) is 24.3 Å². The van der Waals surface area contributed by atoms with Crippen molar-refractivity contribution in [2.24, 2.45) is 0 Å². The van der Waals surface area contributed by atoms with E-state index in [0.717, 1.165) is 22.3 Å². The first kappa shape index (κ1) is 11.2. The summed E-state index contributed by atoms with van der Waals surface area (Å²) in [4.78, 5) is 4.59. The van der Waals surface area contributed by atoms with Crippen LogP contribution >= 0.6 is 11.6 Å². The van der Waals surface area contributed by atoms with Crippen LogP contribution < -0.4 is 5.73 Å². The zero-order valence-corrected chi connectivity index (χ0v) is 10.5. The smallest absolute Gasteiger partial charge is 0.0893 e. The summed E-state index contributed by atoms with van der Waals surface area (Å²) in [6.07, 6.45) is 0. The summed E-state index contributed by atoms with van der Waals surface area (Å²) in [5, 5.41) is 1.65. The first-order valence-electron chi connectivity index (χ1n) is 5.25. The summed E-state index contributed by atoms with van der Waals surface area (Å²) in [6.45, 7) is 6.27. The summed E-state index contributed by atoms with van der Waals surface area (Å²) < 4.78 is 0. The maximum atomic E-state index is 6.13. The Morgan fingerprint density at radius 2 is 1.94 bits per heavy atom. The number of para-hydroxylation sites is 1. The maximum absolute atomic E-state index is 6.13. The van der Waals surface area contributed by atoms with Crippen LogP contribution in [-0.2, 0) is 5.41 Å². The molecule has 2 rings (SSSR count). The second-order valence-corrected chi connectivity index (χ2v) is 5.39. The van der Waals surface area contributed by atoms with Gasteiger partial charge in [0.1, 0.15) is 0 Å². The molecule has 0 saturated heterocycles. The Hall–Kier alpha value is -1.28. The molecule has 0 amide bonds. The fourth-order valence-electron chi connectivity index (χ4n) is 1.78. The molecule has 0 saturated carbocycles. The van der Waals surface area contributed by atoms with Crippen LogP contribution in [0.1, 0.15) is 26.5 Å². The lowest BCUT2D eigenvalue weighted by molar-refractivity contribution is 0.574. The van der Waals surface area contributed by atoms with Crippen molar-refractivity contribution in [2.45, 2.75) is 26.2 Å². The molecule has 1 aromatic heterocycles. The van der Waals surface area contributed by atoms with E-state index >= 15 is 0 Å². The van der Waals surface area contributed by atoms with E-state index in [1.54, 1.807) is 0 Å². The minimum Gasteiger partial charge on any atom is -0.397 e. The summed E-state index contributed by atoms with van der Waals surface area (Å²) in [7, 11) is 0. The van der Waals surface area contributed by atoms with Gasteiger partial charge < -0.3 is 5.73 Å². The second kappa shape index (κ2) is 3.63. The maximum Gasteiger partial charge on any atom is 0.0893 e.